The van der Waals surface area contributed by atoms with Crippen molar-refractivity contribution in [1.29, 1.82) is 0 Å². The molecular weight excluding hydrogens is 736 g/mol. The third-order valence-corrected chi connectivity index (χ3v) is 10.4. The lowest BCUT2D eigenvalue weighted by Crippen LogP contribution is -2.38. The maximum Gasteiger partial charge on any atom is 0.410 e. The molecule has 0 saturated carbocycles. The Hall–Kier alpha value is -2.47. The Morgan fingerprint density at radius 3 is 1.80 bits per heavy atom. The van der Waals surface area contributed by atoms with Crippen molar-refractivity contribution in [2.24, 2.45) is 10.8 Å². The number of anilines is 1. The number of ether oxygens (including phenoxy) is 2. The van der Waals surface area contributed by atoms with Gasteiger partial charge in [0.1, 0.15) is 11.2 Å². The van der Waals surface area contributed by atoms with E-state index in [-0.39, 0.29) is 23.2 Å². The zero-order chi connectivity index (χ0) is 37.6. The summed E-state index contributed by atoms with van der Waals surface area (Å²) in [5.74, 6) is 0. The molecule has 2 aromatic rings. The summed E-state index contributed by atoms with van der Waals surface area (Å²) in [6.45, 7) is 18.5. The summed E-state index contributed by atoms with van der Waals surface area (Å²) in [5.41, 5.74) is 4.21. The van der Waals surface area contributed by atoms with Gasteiger partial charge < -0.3 is 30.0 Å². The van der Waals surface area contributed by atoms with Crippen LogP contribution < -0.4 is 10.7 Å². The molecule has 282 valence electrons. The monoisotopic (exact) mass is 785 g/mol. The molecule has 4 aliphatic rings. The molecule has 2 amide bonds. The standard InChI is InChI=1S/C18H25Cl2N3O2.C12H22N2O2.C7H4Cl2O/c1-17(2,3)25-16(24)22-8-6-18(11-22)7-9-23(12-18)21-15-10-13(19)4-5-14(15)20;1-11(2,3)16-10(15)14-7-5-12(9-14)4-6-13-8-12;8-6-1-2-7(9)5(3-6)4-10/h4-5,10,21H,6-9,11-12H2,1-3H3;13H,4-9H2,1-3H3;1-4H. The summed E-state index contributed by atoms with van der Waals surface area (Å²) in [7, 11) is 0. The highest BCUT2D eigenvalue weighted by atomic mass is 35.5. The number of likely N-dealkylation sites (tertiary alicyclic amines) is 2. The zero-order valence-corrected chi connectivity index (χ0v) is 33.4. The van der Waals surface area contributed by atoms with Gasteiger partial charge in [0.15, 0.2) is 6.29 Å². The minimum Gasteiger partial charge on any atom is -0.444 e. The van der Waals surface area contributed by atoms with Crippen molar-refractivity contribution >= 4 is 70.6 Å². The molecule has 10 nitrogen and oxygen atoms in total. The van der Waals surface area contributed by atoms with Crippen molar-refractivity contribution in [1.82, 2.24) is 20.1 Å². The summed E-state index contributed by atoms with van der Waals surface area (Å²) in [6.07, 6.45) is 4.63. The molecule has 4 heterocycles. The SMILES string of the molecule is CC(C)(C)OC(=O)N1CCC2(CCN(Nc3cc(Cl)ccc3Cl)C2)C1.CC(C)(C)OC(=O)N1CCC2(CCNC2)C1.O=Cc1cc(Cl)ccc1Cl. The van der Waals surface area contributed by atoms with E-state index < -0.39 is 5.60 Å². The Morgan fingerprint density at radius 1 is 0.745 bits per heavy atom. The van der Waals surface area contributed by atoms with Crippen LogP contribution in [-0.4, -0.2) is 96.8 Å². The number of nitrogens with zero attached hydrogens (tertiary/aromatic N) is 3. The molecule has 4 saturated heterocycles. The van der Waals surface area contributed by atoms with Crippen molar-refractivity contribution in [3.8, 4) is 0 Å². The van der Waals surface area contributed by atoms with Crippen molar-refractivity contribution in [3.63, 3.8) is 0 Å². The molecule has 14 heteroatoms. The number of carbonyl (C=O) groups excluding carboxylic acids is 3. The molecule has 0 aliphatic carbocycles. The van der Waals surface area contributed by atoms with Crippen LogP contribution in [0.15, 0.2) is 36.4 Å². The lowest BCUT2D eigenvalue weighted by Gasteiger charge is -2.27. The summed E-state index contributed by atoms with van der Waals surface area (Å²) in [4.78, 5) is 38.1. The number of carbonyl (C=O) groups is 3. The first-order chi connectivity index (χ1) is 23.8. The van der Waals surface area contributed by atoms with E-state index in [1.165, 1.54) is 12.5 Å². The molecule has 2 atom stereocenters. The maximum absolute atomic E-state index is 12.3. The number of halogens is 4. The Kier molecular flexibility index (Phi) is 13.9. The van der Waals surface area contributed by atoms with Gasteiger partial charge in [-0.3, -0.25) is 4.79 Å². The second-order valence-corrected chi connectivity index (χ2v) is 17.6. The first kappa shape index (κ1) is 41.3. The molecule has 2 aromatic carbocycles. The van der Waals surface area contributed by atoms with Crippen LogP contribution in [0, 0.1) is 10.8 Å². The van der Waals surface area contributed by atoms with Crippen molar-refractivity contribution in [2.45, 2.75) is 78.4 Å². The minimum absolute atomic E-state index is 0.120. The van der Waals surface area contributed by atoms with Crippen LogP contribution in [-0.2, 0) is 9.47 Å². The summed E-state index contributed by atoms with van der Waals surface area (Å²) in [6, 6.07) is 10.1. The number of hydrogen-bond acceptors (Lipinski definition) is 8. The molecule has 6 rings (SSSR count). The Labute approximate surface area is 322 Å². The first-order valence-corrected chi connectivity index (χ1v) is 18.8. The lowest BCUT2D eigenvalue weighted by atomic mass is 9.86. The number of benzene rings is 2. The number of nitrogens with one attached hydrogen (secondary N) is 2. The van der Waals surface area contributed by atoms with Crippen LogP contribution in [0.25, 0.3) is 0 Å². The maximum atomic E-state index is 12.3. The molecule has 2 spiro atoms. The van der Waals surface area contributed by atoms with Gasteiger partial charge in [0.05, 0.1) is 15.7 Å². The van der Waals surface area contributed by atoms with Crippen LogP contribution in [0.3, 0.4) is 0 Å². The fourth-order valence-electron chi connectivity index (χ4n) is 6.70. The molecular formula is C37H51Cl4N5O5. The van der Waals surface area contributed by atoms with Crippen LogP contribution >= 0.6 is 46.4 Å². The van der Waals surface area contributed by atoms with E-state index in [1.807, 2.05) is 57.4 Å². The van der Waals surface area contributed by atoms with Crippen LogP contribution in [0.2, 0.25) is 20.1 Å². The summed E-state index contributed by atoms with van der Waals surface area (Å²) < 4.78 is 10.9. The van der Waals surface area contributed by atoms with Gasteiger partial charge in [-0.15, -0.1) is 0 Å². The van der Waals surface area contributed by atoms with Crippen molar-refractivity contribution in [2.75, 3.05) is 57.8 Å². The Bertz CT molecular complexity index is 1540. The van der Waals surface area contributed by atoms with Crippen LogP contribution in [0.5, 0.6) is 0 Å². The third-order valence-electron chi connectivity index (χ3n) is 9.24. The second-order valence-electron chi connectivity index (χ2n) is 15.9. The average Bonchev–Trinajstić information content (AvgIpc) is 3.85. The third kappa shape index (κ3) is 12.3. The second kappa shape index (κ2) is 17.1. The lowest BCUT2D eigenvalue weighted by molar-refractivity contribution is 0.0265. The number of hydrazine groups is 1. The molecule has 2 N–H and O–H groups in total. The van der Waals surface area contributed by atoms with Gasteiger partial charge in [-0.05, 0) is 110 Å². The largest absolute Gasteiger partial charge is 0.444 e. The first-order valence-electron chi connectivity index (χ1n) is 17.3. The van der Waals surface area contributed by atoms with Gasteiger partial charge >= 0.3 is 12.2 Å². The smallest absolute Gasteiger partial charge is 0.410 e. The molecule has 0 radical (unpaired) electrons. The van der Waals surface area contributed by atoms with Crippen molar-refractivity contribution in [3.05, 3.63) is 62.1 Å². The molecule has 2 unspecified atom stereocenters. The highest BCUT2D eigenvalue weighted by Gasteiger charge is 2.46. The van der Waals surface area contributed by atoms with Crippen LogP contribution in [0.4, 0.5) is 15.3 Å². The summed E-state index contributed by atoms with van der Waals surface area (Å²) >= 11 is 23.5. The number of hydrogen-bond donors (Lipinski definition) is 2. The average molecular weight is 788 g/mol. The minimum atomic E-state index is -0.459. The molecule has 4 fully saturated rings. The highest BCUT2D eigenvalue weighted by Crippen LogP contribution is 2.41. The number of rotatable bonds is 3. The van der Waals surface area contributed by atoms with Gasteiger partial charge in [0.2, 0.25) is 0 Å². The van der Waals surface area contributed by atoms with Gasteiger partial charge in [-0.25, -0.2) is 14.6 Å². The molecule has 0 bridgehead atoms. The van der Waals surface area contributed by atoms with Gasteiger partial charge in [-0.2, -0.15) is 0 Å². The normalized spacial score (nSPS) is 23.1. The quantitative estimate of drug-likeness (QED) is 0.297. The van der Waals surface area contributed by atoms with E-state index in [4.69, 9.17) is 55.9 Å². The predicted molar refractivity (Wildman–Crippen MR) is 205 cm³/mol. The fourth-order valence-corrected chi connectivity index (χ4v) is 7.38. The van der Waals surface area contributed by atoms with Crippen molar-refractivity contribution < 1.29 is 23.9 Å². The van der Waals surface area contributed by atoms with Gasteiger partial charge in [0, 0.05) is 72.3 Å². The predicted octanol–water partition coefficient (Wildman–Crippen LogP) is 9.07. The molecule has 0 aromatic heterocycles. The fraction of sp³-hybridized carbons (Fsp3) is 0.595. The number of aldehydes is 1. The molecule has 4 aliphatic heterocycles. The van der Waals surface area contributed by atoms with Gasteiger partial charge in [-0.1, -0.05) is 46.4 Å². The van der Waals surface area contributed by atoms with Gasteiger partial charge in [0.25, 0.3) is 0 Å². The van der Waals surface area contributed by atoms with E-state index in [2.05, 4.69) is 15.8 Å². The van der Waals surface area contributed by atoms with Crippen LogP contribution in [0.1, 0.15) is 77.6 Å². The van der Waals surface area contributed by atoms with E-state index in [9.17, 15) is 14.4 Å². The Balaban J connectivity index is 0.000000191. The van der Waals surface area contributed by atoms with E-state index in [0.29, 0.717) is 37.4 Å². The summed E-state index contributed by atoms with van der Waals surface area (Å²) in [5, 5.41) is 7.79. The van der Waals surface area contributed by atoms with E-state index in [0.717, 1.165) is 77.3 Å². The number of amides is 2. The van der Waals surface area contributed by atoms with E-state index >= 15 is 0 Å². The zero-order valence-electron chi connectivity index (χ0n) is 30.4. The topological polar surface area (TPSA) is 103 Å². The molecule has 51 heavy (non-hydrogen) atoms. The van der Waals surface area contributed by atoms with E-state index in [1.54, 1.807) is 24.3 Å². The Morgan fingerprint density at radius 2 is 1.27 bits per heavy atom. The highest BCUT2D eigenvalue weighted by molar-refractivity contribution is 6.35.